The van der Waals surface area contributed by atoms with Gasteiger partial charge in [0.2, 0.25) is 5.95 Å². The van der Waals surface area contributed by atoms with Crippen LogP contribution in [0.5, 0.6) is 0 Å². The molecule has 18 heavy (non-hydrogen) atoms. The number of nitrogens with zero attached hydrogens (tertiary/aromatic N) is 2. The molecule has 0 fully saturated rings. The van der Waals surface area contributed by atoms with Gasteiger partial charge in [-0.3, -0.25) is 0 Å². The van der Waals surface area contributed by atoms with Crippen LogP contribution in [-0.4, -0.2) is 17.0 Å². The van der Waals surface area contributed by atoms with Crippen LogP contribution < -0.4 is 16.4 Å². The van der Waals surface area contributed by atoms with E-state index in [1.807, 2.05) is 6.92 Å². The molecule has 0 radical (unpaired) electrons. The first-order valence-electron chi connectivity index (χ1n) is 5.44. The second-order valence-electron chi connectivity index (χ2n) is 3.83. The summed E-state index contributed by atoms with van der Waals surface area (Å²) in [5.41, 5.74) is 7.14. The molecule has 0 saturated heterocycles. The lowest BCUT2D eigenvalue weighted by molar-refractivity contribution is 0.628. The fourth-order valence-corrected chi connectivity index (χ4v) is 1.52. The molecule has 2 rings (SSSR count). The number of hydrogen-bond acceptors (Lipinski definition) is 5. The summed E-state index contributed by atoms with van der Waals surface area (Å²) in [6, 6.07) is 6.21. The standard InChI is InChI=1S/C12H14FN5/c1-7-3-4-8(13)5-9(7)16-11-6-10(15-2)17-12(14)18-11/h3-6H,1-2H3,(H4,14,15,16,17,18). The molecule has 4 N–H and O–H groups in total. The Hall–Kier alpha value is -2.37. The number of anilines is 4. The average molecular weight is 247 g/mol. The predicted molar refractivity (Wildman–Crippen MR) is 70.4 cm³/mol. The fraction of sp³-hybridized carbons (Fsp3) is 0.167. The fourth-order valence-electron chi connectivity index (χ4n) is 1.52. The van der Waals surface area contributed by atoms with E-state index in [1.54, 1.807) is 19.2 Å². The maximum atomic E-state index is 13.2. The lowest BCUT2D eigenvalue weighted by Crippen LogP contribution is -2.04. The maximum Gasteiger partial charge on any atom is 0.223 e. The highest BCUT2D eigenvalue weighted by molar-refractivity contribution is 5.63. The van der Waals surface area contributed by atoms with E-state index < -0.39 is 0 Å². The van der Waals surface area contributed by atoms with Gasteiger partial charge in [0.25, 0.3) is 0 Å². The summed E-state index contributed by atoms with van der Waals surface area (Å²) in [4.78, 5) is 8.02. The van der Waals surface area contributed by atoms with Gasteiger partial charge >= 0.3 is 0 Å². The molecule has 1 aromatic carbocycles. The van der Waals surface area contributed by atoms with Crippen molar-refractivity contribution in [3.05, 3.63) is 35.6 Å². The SMILES string of the molecule is CNc1cc(Nc2cc(F)ccc2C)nc(N)n1. The Balaban J connectivity index is 2.33. The molecule has 1 heterocycles. The minimum atomic E-state index is -0.307. The third-order valence-corrected chi connectivity index (χ3v) is 2.46. The van der Waals surface area contributed by atoms with Crippen molar-refractivity contribution in [2.45, 2.75) is 6.92 Å². The smallest absolute Gasteiger partial charge is 0.223 e. The molecule has 0 saturated carbocycles. The Morgan fingerprint density at radius 3 is 2.61 bits per heavy atom. The number of aromatic nitrogens is 2. The molecular weight excluding hydrogens is 233 g/mol. The highest BCUT2D eigenvalue weighted by atomic mass is 19.1. The minimum Gasteiger partial charge on any atom is -0.373 e. The van der Waals surface area contributed by atoms with Crippen LogP contribution in [0.3, 0.4) is 0 Å². The number of benzene rings is 1. The van der Waals surface area contributed by atoms with E-state index in [0.717, 1.165) is 5.56 Å². The summed E-state index contributed by atoms with van der Waals surface area (Å²) in [6.45, 7) is 1.88. The highest BCUT2D eigenvalue weighted by Gasteiger charge is 2.04. The normalized spacial score (nSPS) is 10.2. The van der Waals surface area contributed by atoms with Gasteiger partial charge in [0.15, 0.2) is 0 Å². The van der Waals surface area contributed by atoms with E-state index in [-0.39, 0.29) is 11.8 Å². The predicted octanol–water partition coefficient (Wildman–Crippen LogP) is 2.29. The molecule has 0 aliphatic rings. The topological polar surface area (TPSA) is 75.9 Å². The minimum absolute atomic E-state index is 0.151. The third-order valence-electron chi connectivity index (χ3n) is 2.46. The molecule has 0 aliphatic carbocycles. The second-order valence-corrected chi connectivity index (χ2v) is 3.83. The number of nitrogens with one attached hydrogen (secondary N) is 2. The van der Waals surface area contributed by atoms with Crippen LogP contribution in [-0.2, 0) is 0 Å². The Bertz CT molecular complexity index is 570. The van der Waals surface area contributed by atoms with Crippen molar-refractivity contribution in [1.29, 1.82) is 0 Å². The van der Waals surface area contributed by atoms with E-state index in [0.29, 0.717) is 17.3 Å². The summed E-state index contributed by atoms with van der Waals surface area (Å²) in [6.07, 6.45) is 0. The molecule has 6 heteroatoms. The Kier molecular flexibility index (Phi) is 3.27. The quantitative estimate of drug-likeness (QED) is 0.775. The molecule has 5 nitrogen and oxygen atoms in total. The second kappa shape index (κ2) is 4.87. The van der Waals surface area contributed by atoms with Crippen molar-refractivity contribution in [2.75, 3.05) is 23.4 Å². The van der Waals surface area contributed by atoms with Crippen molar-refractivity contribution in [2.24, 2.45) is 0 Å². The number of halogens is 1. The molecule has 94 valence electrons. The number of hydrogen-bond donors (Lipinski definition) is 3. The molecule has 0 aliphatic heterocycles. The van der Waals surface area contributed by atoms with Gasteiger partial charge in [-0.2, -0.15) is 9.97 Å². The molecule has 0 amide bonds. The van der Waals surface area contributed by atoms with Crippen LogP contribution in [0.25, 0.3) is 0 Å². The van der Waals surface area contributed by atoms with Crippen molar-refractivity contribution in [3.63, 3.8) is 0 Å². The summed E-state index contributed by atoms with van der Waals surface area (Å²) >= 11 is 0. The first-order valence-corrected chi connectivity index (χ1v) is 5.44. The molecule has 2 aromatic rings. The summed E-state index contributed by atoms with van der Waals surface area (Å²) in [5, 5.41) is 5.89. The Labute approximate surface area is 104 Å². The number of nitrogen functional groups attached to an aromatic ring is 1. The van der Waals surface area contributed by atoms with E-state index in [9.17, 15) is 4.39 Å². The van der Waals surface area contributed by atoms with Gasteiger partial charge in [0, 0.05) is 18.8 Å². The molecule has 0 atom stereocenters. The number of aryl methyl sites for hydroxylation is 1. The first-order chi connectivity index (χ1) is 8.58. The van der Waals surface area contributed by atoms with Crippen LogP contribution in [0.15, 0.2) is 24.3 Å². The van der Waals surface area contributed by atoms with Gasteiger partial charge < -0.3 is 16.4 Å². The maximum absolute atomic E-state index is 13.2. The Morgan fingerprint density at radius 2 is 1.89 bits per heavy atom. The van der Waals surface area contributed by atoms with Gasteiger partial charge in [-0.1, -0.05) is 6.07 Å². The molecule has 0 bridgehead atoms. The van der Waals surface area contributed by atoms with E-state index >= 15 is 0 Å². The van der Waals surface area contributed by atoms with Crippen LogP contribution in [0.2, 0.25) is 0 Å². The molecule has 0 unspecified atom stereocenters. The summed E-state index contributed by atoms with van der Waals surface area (Å²) in [5.74, 6) is 0.956. The molecular formula is C12H14FN5. The van der Waals surface area contributed by atoms with Gasteiger partial charge in [-0.05, 0) is 24.6 Å². The first kappa shape index (κ1) is 12.1. The van der Waals surface area contributed by atoms with Crippen LogP contribution >= 0.6 is 0 Å². The van der Waals surface area contributed by atoms with Gasteiger partial charge in [-0.15, -0.1) is 0 Å². The lowest BCUT2D eigenvalue weighted by Gasteiger charge is -2.10. The zero-order valence-electron chi connectivity index (χ0n) is 10.2. The van der Waals surface area contributed by atoms with Crippen molar-refractivity contribution >= 4 is 23.3 Å². The largest absolute Gasteiger partial charge is 0.373 e. The monoisotopic (exact) mass is 247 g/mol. The average Bonchev–Trinajstić information content (AvgIpc) is 2.33. The van der Waals surface area contributed by atoms with Crippen LogP contribution in [0.4, 0.5) is 27.7 Å². The Morgan fingerprint density at radius 1 is 1.17 bits per heavy atom. The third kappa shape index (κ3) is 2.65. The number of nitrogens with two attached hydrogens (primary N) is 1. The zero-order chi connectivity index (χ0) is 13.1. The zero-order valence-corrected chi connectivity index (χ0v) is 10.2. The van der Waals surface area contributed by atoms with Gasteiger partial charge in [0.1, 0.15) is 17.5 Å². The summed E-state index contributed by atoms with van der Waals surface area (Å²) in [7, 11) is 1.74. The van der Waals surface area contributed by atoms with Crippen molar-refractivity contribution in [3.8, 4) is 0 Å². The van der Waals surface area contributed by atoms with Gasteiger partial charge in [-0.25, -0.2) is 4.39 Å². The van der Waals surface area contributed by atoms with Crippen LogP contribution in [0, 0.1) is 12.7 Å². The van der Waals surface area contributed by atoms with Crippen LogP contribution in [0.1, 0.15) is 5.56 Å². The summed E-state index contributed by atoms with van der Waals surface area (Å²) < 4.78 is 13.2. The number of rotatable bonds is 3. The van der Waals surface area contributed by atoms with Crippen molar-refractivity contribution < 1.29 is 4.39 Å². The molecule has 1 aromatic heterocycles. The lowest BCUT2D eigenvalue weighted by atomic mass is 10.2. The molecule has 0 spiro atoms. The van der Waals surface area contributed by atoms with Gasteiger partial charge in [0.05, 0.1) is 0 Å². The van der Waals surface area contributed by atoms with E-state index in [4.69, 9.17) is 5.73 Å². The van der Waals surface area contributed by atoms with E-state index in [1.165, 1.54) is 12.1 Å². The van der Waals surface area contributed by atoms with Crippen molar-refractivity contribution in [1.82, 2.24) is 9.97 Å². The van der Waals surface area contributed by atoms with E-state index in [2.05, 4.69) is 20.6 Å². The highest BCUT2D eigenvalue weighted by Crippen LogP contribution is 2.22.